The van der Waals surface area contributed by atoms with Gasteiger partial charge in [0.1, 0.15) is 25.1 Å². The minimum absolute atomic E-state index is 0.0567. The molecule has 0 saturated heterocycles. The Bertz CT molecular complexity index is 1510. The number of halogens is 2. The van der Waals surface area contributed by atoms with Crippen molar-refractivity contribution in [2.24, 2.45) is 0 Å². The molecule has 7 nitrogen and oxygen atoms in total. The molecular weight excluding hydrogens is 488 g/mol. The molecule has 2 aromatic carbocycles. The lowest BCUT2D eigenvalue weighted by Crippen LogP contribution is -2.57. The second-order valence-electron chi connectivity index (χ2n) is 8.85. The monoisotopic (exact) mass is 509 g/mol. The number of ether oxygens (including phenoxy) is 1. The molecule has 1 N–H and O–H groups in total. The van der Waals surface area contributed by atoms with Crippen molar-refractivity contribution in [3.63, 3.8) is 0 Å². The van der Waals surface area contributed by atoms with Crippen LogP contribution >= 0.6 is 11.8 Å². The number of fused-ring (bicyclic) bond motifs is 7. The van der Waals surface area contributed by atoms with E-state index in [9.17, 15) is 19.1 Å². The number of hydrogen-bond acceptors (Lipinski definition) is 6. The molecule has 0 spiro atoms. The van der Waals surface area contributed by atoms with Gasteiger partial charge >= 0.3 is 0 Å². The van der Waals surface area contributed by atoms with Crippen LogP contribution in [0.4, 0.5) is 8.78 Å². The second kappa shape index (κ2) is 8.41. The highest BCUT2D eigenvalue weighted by Crippen LogP contribution is 2.47. The summed E-state index contributed by atoms with van der Waals surface area (Å²) in [7, 11) is 0. The molecule has 0 aliphatic carbocycles. The van der Waals surface area contributed by atoms with Crippen molar-refractivity contribution in [3.8, 4) is 11.5 Å². The van der Waals surface area contributed by atoms with Crippen LogP contribution in [0.15, 0.2) is 64.4 Å². The molecule has 184 valence electrons. The van der Waals surface area contributed by atoms with Crippen LogP contribution in [0.3, 0.4) is 0 Å². The van der Waals surface area contributed by atoms with Crippen molar-refractivity contribution in [2.75, 3.05) is 18.3 Å². The Morgan fingerprint density at radius 1 is 1.17 bits per heavy atom. The van der Waals surface area contributed by atoms with Gasteiger partial charge in [-0.1, -0.05) is 24.3 Å². The zero-order valence-electron chi connectivity index (χ0n) is 19.1. The van der Waals surface area contributed by atoms with E-state index in [-0.39, 0.29) is 36.0 Å². The first-order valence-electron chi connectivity index (χ1n) is 11.4. The number of carbonyl (C=O) groups is 1. The average Bonchev–Trinajstić information content (AvgIpc) is 3.05. The zero-order valence-corrected chi connectivity index (χ0v) is 20.0. The Balaban J connectivity index is 1.72. The van der Waals surface area contributed by atoms with Gasteiger partial charge in [-0.3, -0.25) is 19.3 Å². The van der Waals surface area contributed by atoms with Crippen LogP contribution < -0.4 is 15.2 Å². The Morgan fingerprint density at radius 2 is 1.97 bits per heavy atom. The summed E-state index contributed by atoms with van der Waals surface area (Å²) in [5.74, 6) is -2.76. The second-order valence-corrected chi connectivity index (χ2v) is 9.87. The van der Waals surface area contributed by atoms with Crippen LogP contribution in [-0.2, 0) is 5.75 Å². The first kappa shape index (κ1) is 22.7. The fourth-order valence-electron chi connectivity index (χ4n) is 5.05. The minimum atomic E-state index is -1.00. The summed E-state index contributed by atoms with van der Waals surface area (Å²) in [6.07, 6.45) is 4.90. The Labute approximate surface area is 209 Å². The molecule has 1 aromatic heterocycles. The predicted octanol–water partition coefficient (Wildman–Crippen LogP) is 3.92. The number of rotatable bonds is 0. The largest absolute Gasteiger partial charge is 0.502 e. The third-order valence-corrected chi connectivity index (χ3v) is 7.93. The SMILES string of the molecule is C[C@H]1/C=C/COc2cc(F)c(F)c3c2[C@@H](c2ccccc2SC3)N2CN1C(=O)c1c(O)c(=O)ccn12. The van der Waals surface area contributed by atoms with Crippen LogP contribution in [-0.4, -0.2) is 39.9 Å². The number of aromatic nitrogens is 1. The van der Waals surface area contributed by atoms with Gasteiger partial charge in [0.25, 0.3) is 5.91 Å². The van der Waals surface area contributed by atoms with Crippen molar-refractivity contribution in [3.05, 3.63) is 99.0 Å². The van der Waals surface area contributed by atoms with Crippen LogP contribution in [0.1, 0.15) is 40.1 Å². The van der Waals surface area contributed by atoms with Gasteiger partial charge in [-0.25, -0.2) is 8.78 Å². The maximum atomic E-state index is 15.3. The van der Waals surface area contributed by atoms with Crippen molar-refractivity contribution >= 4 is 17.7 Å². The molecule has 0 saturated carbocycles. The summed E-state index contributed by atoms with van der Waals surface area (Å²) >= 11 is 1.39. The molecule has 2 atom stereocenters. The highest BCUT2D eigenvalue weighted by atomic mass is 32.2. The summed E-state index contributed by atoms with van der Waals surface area (Å²) in [4.78, 5) is 28.2. The molecule has 36 heavy (non-hydrogen) atoms. The molecule has 0 fully saturated rings. The summed E-state index contributed by atoms with van der Waals surface area (Å²) in [5, 5.41) is 12.5. The van der Waals surface area contributed by atoms with Crippen molar-refractivity contribution in [2.45, 2.75) is 29.7 Å². The lowest BCUT2D eigenvalue weighted by Gasteiger charge is -2.45. The van der Waals surface area contributed by atoms with Crippen molar-refractivity contribution in [1.82, 2.24) is 9.58 Å². The van der Waals surface area contributed by atoms with E-state index in [0.717, 1.165) is 16.5 Å². The Morgan fingerprint density at radius 3 is 2.81 bits per heavy atom. The van der Waals surface area contributed by atoms with Gasteiger partial charge in [-0.2, -0.15) is 0 Å². The smallest absolute Gasteiger partial charge is 0.278 e. The molecule has 10 heteroatoms. The maximum absolute atomic E-state index is 15.3. The van der Waals surface area contributed by atoms with E-state index >= 15 is 4.39 Å². The number of pyridine rings is 1. The molecule has 4 heterocycles. The van der Waals surface area contributed by atoms with E-state index in [1.807, 2.05) is 31.2 Å². The zero-order chi connectivity index (χ0) is 25.1. The van der Waals surface area contributed by atoms with Crippen LogP contribution in [0.25, 0.3) is 0 Å². The number of nitrogens with zero attached hydrogens (tertiary/aromatic N) is 3. The summed E-state index contributed by atoms with van der Waals surface area (Å²) in [5.41, 5.74) is 0.540. The van der Waals surface area contributed by atoms with E-state index in [1.165, 1.54) is 33.6 Å². The minimum Gasteiger partial charge on any atom is -0.502 e. The molecular formula is C26H21F2N3O4S. The standard InChI is InChI=1S/C26H21F2N3O4S/c1-14-5-4-10-35-19-11-17(27)22(28)16-12-36-20-7-3-2-6-15(20)23(21(16)19)31-13-29(14)26(34)24-25(33)18(32)8-9-30(24)31/h2-9,11,14,23,33H,10,12-13H2,1H3/b5-4+/t14-,23+/m0/s1. The Hall–Kier alpha value is -3.79. The maximum Gasteiger partial charge on any atom is 0.278 e. The number of thioether (sulfide) groups is 1. The predicted molar refractivity (Wildman–Crippen MR) is 130 cm³/mol. The van der Waals surface area contributed by atoms with Crippen molar-refractivity contribution in [1.29, 1.82) is 0 Å². The number of amides is 1. The number of hydrogen-bond donors (Lipinski definition) is 1. The van der Waals surface area contributed by atoms with E-state index in [2.05, 4.69) is 0 Å². The fourth-order valence-corrected chi connectivity index (χ4v) is 6.15. The summed E-state index contributed by atoms with van der Waals surface area (Å²) in [6, 6.07) is 8.63. The molecule has 1 amide bonds. The van der Waals surface area contributed by atoms with Crippen LogP contribution in [0.5, 0.6) is 11.5 Å². The number of aromatic hydroxyl groups is 1. The van der Waals surface area contributed by atoms with E-state index < -0.39 is 40.8 Å². The van der Waals surface area contributed by atoms with E-state index in [4.69, 9.17) is 4.74 Å². The van der Waals surface area contributed by atoms with Gasteiger partial charge in [0.15, 0.2) is 23.1 Å². The average molecular weight is 510 g/mol. The van der Waals surface area contributed by atoms with Crippen LogP contribution in [0, 0.1) is 11.6 Å². The van der Waals surface area contributed by atoms with Gasteiger partial charge in [0.2, 0.25) is 5.43 Å². The van der Waals surface area contributed by atoms with Gasteiger partial charge in [0.05, 0.1) is 0 Å². The molecule has 0 unspecified atom stereocenters. The summed E-state index contributed by atoms with van der Waals surface area (Å²) in [6.45, 7) is 1.95. The summed E-state index contributed by atoms with van der Waals surface area (Å²) < 4.78 is 37.5. The first-order valence-corrected chi connectivity index (χ1v) is 12.4. The lowest BCUT2D eigenvalue weighted by atomic mass is 9.92. The van der Waals surface area contributed by atoms with Gasteiger partial charge in [0, 0.05) is 46.1 Å². The Kier molecular flexibility index (Phi) is 5.29. The molecule has 0 radical (unpaired) electrons. The van der Waals surface area contributed by atoms with Gasteiger partial charge in [-0.15, -0.1) is 11.8 Å². The van der Waals surface area contributed by atoms with Gasteiger partial charge in [-0.05, 0) is 24.6 Å². The fraction of sp³-hybridized carbons (Fsp3) is 0.231. The topological polar surface area (TPSA) is 75.0 Å². The third kappa shape index (κ3) is 3.31. The third-order valence-electron chi connectivity index (χ3n) is 6.81. The quantitative estimate of drug-likeness (QED) is 0.463. The number of carbonyl (C=O) groups excluding carboxylic acids is 1. The van der Waals surface area contributed by atoms with Gasteiger partial charge < -0.3 is 14.7 Å². The molecule has 3 aliphatic rings. The molecule has 3 aliphatic heterocycles. The molecule has 2 bridgehead atoms. The molecule has 6 rings (SSSR count). The highest BCUT2D eigenvalue weighted by molar-refractivity contribution is 7.98. The first-order chi connectivity index (χ1) is 17.4. The lowest BCUT2D eigenvalue weighted by molar-refractivity contribution is 0.0642. The van der Waals surface area contributed by atoms with E-state index in [1.54, 1.807) is 17.2 Å². The highest BCUT2D eigenvalue weighted by Gasteiger charge is 2.41. The van der Waals surface area contributed by atoms with Crippen LogP contribution in [0.2, 0.25) is 0 Å². The number of benzene rings is 2. The normalized spacial score (nSPS) is 21.4. The molecule has 3 aromatic rings. The van der Waals surface area contributed by atoms with E-state index in [0.29, 0.717) is 5.56 Å². The van der Waals surface area contributed by atoms with Crippen molar-refractivity contribution < 1.29 is 23.4 Å².